The number of rotatable bonds is 7. The highest BCUT2D eigenvalue weighted by atomic mass is 32.1. The van der Waals surface area contributed by atoms with E-state index in [0.717, 1.165) is 6.54 Å². The second-order valence-corrected chi connectivity index (χ2v) is 10.6. The Bertz CT molecular complexity index is 934. The Morgan fingerprint density at radius 1 is 1.16 bits per heavy atom. The monoisotopic (exact) mass is 473 g/mol. The number of hydrogen-bond donors (Lipinski definition) is 1. The summed E-state index contributed by atoms with van der Waals surface area (Å²) in [6.45, 7) is 10.5. The van der Waals surface area contributed by atoms with Gasteiger partial charge in [0, 0.05) is 17.5 Å². The average Bonchev–Trinajstić information content (AvgIpc) is 3.02. The summed E-state index contributed by atoms with van der Waals surface area (Å²) in [5, 5.41) is 2.15. The van der Waals surface area contributed by atoms with Gasteiger partial charge in [-0.3, -0.25) is 0 Å². The van der Waals surface area contributed by atoms with E-state index in [0.29, 0.717) is 23.7 Å². The number of hydrogen-bond acceptors (Lipinski definition) is 6. The molecule has 1 aromatic carbocycles. The third-order valence-corrected chi connectivity index (χ3v) is 4.99. The molecular weight excluding hydrogens is 443 g/mol. The second-order valence-electron chi connectivity index (χ2n) is 9.64. The number of carbonyl (C=O) groups is 1. The maximum atomic E-state index is 13.6. The van der Waals surface area contributed by atoms with Crippen molar-refractivity contribution in [2.75, 3.05) is 27.2 Å². The van der Waals surface area contributed by atoms with E-state index in [1.54, 1.807) is 39.0 Å². The Morgan fingerprint density at radius 2 is 1.81 bits per heavy atom. The number of benzene rings is 1. The van der Waals surface area contributed by atoms with E-state index < -0.39 is 23.5 Å². The lowest BCUT2D eigenvalue weighted by Gasteiger charge is -2.28. The molecule has 0 atom stereocenters. The zero-order chi connectivity index (χ0) is 24.3. The van der Waals surface area contributed by atoms with Gasteiger partial charge in [-0.2, -0.15) is 18.2 Å². The van der Waals surface area contributed by atoms with Gasteiger partial charge in [0.05, 0.1) is 11.5 Å². The van der Waals surface area contributed by atoms with Crippen molar-refractivity contribution in [2.24, 2.45) is 5.41 Å². The Kier molecular flexibility index (Phi) is 7.83. The highest BCUT2D eigenvalue weighted by Crippen LogP contribution is 2.43. The minimum Gasteiger partial charge on any atom is -0.493 e. The molecular formula is C22H30F3N3O3S. The van der Waals surface area contributed by atoms with Gasteiger partial charge >= 0.3 is 12.3 Å². The summed E-state index contributed by atoms with van der Waals surface area (Å²) in [4.78, 5) is 17.4. The Balaban J connectivity index is 2.29. The molecule has 0 bridgehead atoms. The summed E-state index contributed by atoms with van der Waals surface area (Å²) < 4.78 is 51.8. The molecule has 1 heterocycles. The van der Waals surface area contributed by atoms with Crippen molar-refractivity contribution in [1.82, 2.24) is 15.2 Å². The van der Waals surface area contributed by atoms with E-state index in [9.17, 15) is 18.0 Å². The maximum absolute atomic E-state index is 13.6. The van der Waals surface area contributed by atoms with Crippen LogP contribution in [0.2, 0.25) is 0 Å². The van der Waals surface area contributed by atoms with Gasteiger partial charge < -0.3 is 19.7 Å². The molecule has 0 radical (unpaired) electrons. The normalized spacial score (nSPS) is 12.7. The van der Waals surface area contributed by atoms with Gasteiger partial charge in [-0.1, -0.05) is 37.3 Å². The molecule has 2 rings (SSSR count). The predicted molar refractivity (Wildman–Crippen MR) is 119 cm³/mol. The number of alkyl halides is 3. The van der Waals surface area contributed by atoms with Crippen molar-refractivity contribution in [2.45, 2.75) is 46.3 Å². The fourth-order valence-electron chi connectivity index (χ4n) is 3.05. The van der Waals surface area contributed by atoms with Gasteiger partial charge in [0.15, 0.2) is 5.69 Å². The van der Waals surface area contributed by atoms with Crippen molar-refractivity contribution in [3.63, 3.8) is 0 Å². The lowest BCUT2D eigenvalue weighted by atomic mass is 9.94. The topological polar surface area (TPSA) is 63.7 Å². The molecule has 0 aliphatic rings. The SMILES string of the molecule is CN(C)CC(C)(C)COc1cccc(-c2sc(OC(=O)NC(C)(C)C)nc2C(F)(F)F)c1. The van der Waals surface area contributed by atoms with Crippen LogP contribution in [0, 0.1) is 5.41 Å². The molecule has 32 heavy (non-hydrogen) atoms. The van der Waals surface area contributed by atoms with Crippen LogP contribution in [0.1, 0.15) is 40.3 Å². The van der Waals surface area contributed by atoms with Crippen LogP contribution in [0.25, 0.3) is 10.4 Å². The summed E-state index contributed by atoms with van der Waals surface area (Å²) in [6.07, 6.45) is -5.58. The fourth-order valence-corrected chi connectivity index (χ4v) is 3.98. The van der Waals surface area contributed by atoms with E-state index in [1.807, 2.05) is 32.8 Å². The number of aromatic nitrogens is 1. The number of halogens is 3. The number of nitrogens with one attached hydrogen (secondary N) is 1. The number of ether oxygens (including phenoxy) is 2. The molecule has 6 nitrogen and oxygen atoms in total. The number of amides is 1. The van der Waals surface area contributed by atoms with E-state index in [-0.39, 0.29) is 21.0 Å². The number of carbonyl (C=O) groups excluding carboxylic acids is 1. The summed E-state index contributed by atoms with van der Waals surface area (Å²) in [5.74, 6) is 0.448. The van der Waals surface area contributed by atoms with Crippen LogP contribution in [-0.4, -0.2) is 48.8 Å². The van der Waals surface area contributed by atoms with E-state index in [1.165, 1.54) is 6.07 Å². The Labute approximate surface area is 190 Å². The van der Waals surface area contributed by atoms with E-state index >= 15 is 0 Å². The molecule has 0 fully saturated rings. The first-order valence-corrected chi connectivity index (χ1v) is 10.8. The van der Waals surface area contributed by atoms with Gasteiger partial charge in [0.1, 0.15) is 5.75 Å². The first-order valence-electron chi connectivity index (χ1n) is 10.0. The van der Waals surface area contributed by atoms with Crippen molar-refractivity contribution in [3.8, 4) is 21.4 Å². The summed E-state index contributed by atoms with van der Waals surface area (Å²) in [5.41, 5.74) is -1.58. The average molecular weight is 474 g/mol. The van der Waals surface area contributed by atoms with Crippen LogP contribution in [0.5, 0.6) is 10.9 Å². The van der Waals surface area contributed by atoms with Crippen molar-refractivity contribution < 1.29 is 27.4 Å². The minimum atomic E-state index is -4.71. The number of nitrogens with zero attached hydrogens (tertiary/aromatic N) is 2. The second kappa shape index (κ2) is 9.66. The maximum Gasteiger partial charge on any atom is 0.434 e. The van der Waals surface area contributed by atoms with Crippen molar-refractivity contribution in [1.29, 1.82) is 0 Å². The molecule has 178 valence electrons. The zero-order valence-electron chi connectivity index (χ0n) is 19.4. The van der Waals surface area contributed by atoms with Crippen LogP contribution in [0.4, 0.5) is 18.0 Å². The highest BCUT2D eigenvalue weighted by molar-refractivity contribution is 7.17. The van der Waals surface area contributed by atoms with Gasteiger partial charge in [-0.05, 0) is 52.6 Å². The molecule has 0 unspecified atom stereocenters. The molecule has 1 aromatic heterocycles. The quantitative estimate of drug-likeness (QED) is 0.560. The van der Waals surface area contributed by atoms with Crippen LogP contribution >= 0.6 is 11.3 Å². The lowest BCUT2D eigenvalue weighted by Crippen LogP contribution is -2.42. The Morgan fingerprint density at radius 3 is 2.38 bits per heavy atom. The largest absolute Gasteiger partial charge is 0.493 e. The van der Waals surface area contributed by atoms with Crippen LogP contribution in [0.15, 0.2) is 24.3 Å². The minimum absolute atomic E-state index is 0.144. The molecule has 2 aromatic rings. The highest BCUT2D eigenvalue weighted by Gasteiger charge is 2.39. The standard InChI is InChI=1S/C22H30F3N3O3S/c1-20(2,3)27-18(29)31-19-26-17(22(23,24)25)16(32-19)14-9-8-10-15(11-14)30-13-21(4,5)12-28(6)7/h8-11H,12-13H2,1-7H3,(H,27,29). The van der Waals surface area contributed by atoms with Gasteiger partial charge in [0.2, 0.25) is 0 Å². The molecule has 1 N–H and O–H groups in total. The first-order chi connectivity index (χ1) is 14.6. The van der Waals surface area contributed by atoms with Gasteiger partial charge in [0.25, 0.3) is 5.19 Å². The molecule has 10 heteroatoms. The molecule has 0 saturated heterocycles. The predicted octanol–water partition coefficient (Wildman–Crippen LogP) is 5.68. The molecule has 0 spiro atoms. The van der Waals surface area contributed by atoms with Crippen LogP contribution in [-0.2, 0) is 6.18 Å². The van der Waals surface area contributed by atoms with Gasteiger partial charge in [-0.25, -0.2) is 4.79 Å². The summed E-state index contributed by atoms with van der Waals surface area (Å²) in [6, 6.07) is 6.39. The van der Waals surface area contributed by atoms with Crippen molar-refractivity contribution in [3.05, 3.63) is 30.0 Å². The first kappa shape index (κ1) is 25.9. The zero-order valence-corrected chi connectivity index (χ0v) is 20.2. The van der Waals surface area contributed by atoms with Gasteiger partial charge in [-0.15, -0.1) is 0 Å². The van der Waals surface area contributed by atoms with E-state index in [4.69, 9.17) is 9.47 Å². The summed E-state index contributed by atoms with van der Waals surface area (Å²) in [7, 11) is 3.93. The molecule has 1 amide bonds. The number of thiazole rings is 1. The van der Waals surface area contributed by atoms with Crippen molar-refractivity contribution >= 4 is 17.4 Å². The summed E-state index contributed by atoms with van der Waals surface area (Å²) >= 11 is 0.658. The van der Waals surface area contributed by atoms with Crippen LogP contribution < -0.4 is 14.8 Å². The smallest absolute Gasteiger partial charge is 0.434 e. The van der Waals surface area contributed by atoms with Crippen LogP contribution in [0.3, 0.4) is 0 Å². The fraction of sp³-hybridized carbons (Fsp3) is 0.545. The molecule has 0 aliphatic carbocycles. The Hall–Kier alpha value is -2.33. The lowest BCUT2D eigenvalue weighted by molar-refractivity contribution is -0.140. The third-order valence-electron chi connectivity index (χ3n) is 4.00. The molecule has 0 saturated carbocycles. The molecule has 0 aliphatic heterocycles. The van der Waals surface area contributed by atoms with E-state index in [2.05, 4.69) is 10.3 Å². The third kappa shape index (κ3) is 7.98.